The van der Waals surface area contributed by atoms with E-state index in [2.05, 4.69) is 33.9 Å². The first-order chi connectivity index (χ1) is 18.0. The van der Waals surface area contributed by atoms with Crippen LogP contribution in [-0.2, 0) is 18.9 Å². The van der Waals surface area contributed by atoms with Gasteiger partial charge in [0.25, 0.3) is 0 Å². The Morgan fingerprint density at radius 3 is 1.58 bits per heavy atom. The Bertz CT molecular complexity index is 625. The van der Waals surface area contributed by atoms with Crippen LogP contribution in [0.3, 0.4) is 0 Å². The van der Waals surface area contributed by atoms with Gasteiger partial charge in [-0.3, -0.25) is 0 Å². The first-order valence-electron chi connectivity index (χ1n) is 15.6. The first-order valence-corrected chi connectivity index (χ1v) is 15.6. The van der Waals surface area contributed by atoms with Crippen molar-refractivity contribution < 1.29 is 24.1 Å². The van der Waals surface area contributed by atoms with E-state index in [0.717, 1.165) is 25.7 Å². The molecule has 2 aliphatic rings. The topological polar surface area (TPSA) is 60.0 Å². The third kappa shape index (κ3) is 17.7. The number of hydrogen-bond acceptors (Lipinski definition) is 5. The van der Waals surface area contributed by atoms with E-state index in [9.17, 15) is 5.11 Å². The average molecular weight is 538 g/mol. The molecule has 0 aliphatic carbocycles. The molecule has 38 heavy (non-hydrogen) atoms. The van der Waals surface area contributed by atoms with Gasteiger partial charge in [0, 0.05) is 19.3 Å². The zero-order valence-electron chi connectivity index (χ0n) is 25.9. The van der Waals surface area contributed by atoms with Crippen LogP contribution in [0.1, 0.15) is 151 Å². The molecular weight excluding hydrogens is 476 g/mol. The minimum absolute atomic E-state index is 0.0446. The van der Waals surface area contributed by atoms with E-state index in [4.69, 9.17) is 18.9 Å². The van der Waals surface area contributed by atoms with Crippen molar-refractivity contribution >= 4 is 0 Å². The number of hydrogen-bond donors (Lipinski definition) is 0. The highest BCUT2D eigenvalue weighted by atomic mass is 16.7. The van der Waals surface area contributed by atoms with E-state index < -0.39 is 11.6 Å². The minimum Gasteiger partial charge on any atom is -0.876 e. The number of allylic oxidation sites excluding steroid dienone is 1. The smallest absolute Gasteiger partial charge is 0.163 e. The van der Waals surface area contributed by atoms with Gasteiger partial charge in [0.1, 0.15) is 0 Å². The molecule has 2 heterocycles. The summed E-state index contributed by atoms with van der Waals surface area (Å²) in [5, 5.41) is 9.33. The molecule has 0 aromatic rings. The Balaban J connectivity index is 0.00000168. The highest BCUT2D eigenvalue weighted by Gasteiger charge is 2.40. The number of ether oxygens (including phenoxy) is 4. The molecule has 4 atom stereocenters. The highest BCUT2D eigenvalue weighted by Crippen LogP contribution is 2.35. The fraction of sp³-hybridized carbons (Fsp3) is 0.879. The second-order valence-corrected chi connectivity index (χ2v) is 12.4. The Labute approximate surface area is 235 Å². The van der Waals surface area contributed by atoms with Gasteiger partial charge in [-0.25, -0.2) is 0 Å². The highest BCUT2D eigenvalue weighted by molar-refractivity contribution is 4.89. The summed E-state index contributed by atoms with van der Waals surface area (Å²) in [7, 11) is 0. The molecule has 5 heteroatoms. The maximum atomic E-state index is 9.33. The molecule has 0 aromatic heterocycles. The number of unbranched alkanes of at least 4 members (excludes halogenated alkanes) is 12. The van der Waals surface area contributed by atoms with Crippen LogP contribution in [-0.4, -0.2) is 36.0 Å². The molecule has 0 radical (unpaired) electrons. The second kappa shape index (κ2) is 19.2. The quantitative estimate of drug-likeness (QED) is 0.105. The van der Waals surface area contributed by atoms with Gasteiger partial charge in [-0.1, -0.05) is 103 Å². The van der Waals surface area contributed by atoms with Crippen LogP contribution in [0.5, 0.6) is 0 Å². The fourth-order valence-electron chi connectivity index (χ4n) is 5.66. The maximum Gasteiger partial charge on any atom is 0.163 e. The first kappa shape index (κ1) is 35.1. The summed E-state index contributed by atoms with van der Waals surface area (Å²) in [4.78, 5) is 0. The Morgan fingerprint density at radius 2 is 1.11 bits per heavy atom. The lowest BCUT2D eigenvalue weighted by molar-refractivity contribution is -0.321. The molecule has 0 N–H and O–H groups in total. The zero-order chi connectivity index (χ0) is 28.4. The van der Waals surface area contributed by atoms with Gasteiger partial charge in [-0.15, -0.1) is 18.9 Å². The van der Waals surface area contributed by atoms with Crippen LogP contribution >= 0.6 is 0 Å². The van der Waals surface area contributed by atoms with Crippen LogP contribution in [0, 0.1) is 0 Å². The van der Waals surface area contributed by atoms with E-state index in [1.807, 2.05) is 19.9 Å². The van der Waals surface area contributed by atoms with Gasteiger partial charge in [-0.2, -0.15) is 0 Å². The summed E-state index contributed by atoms with van der Waals surface area (Å²) in [6.07, 6.45) is 24.4. The summed E-state index contributed by atoms with van der Waals surface area (Å²) in [5.74, 6) is -1.18. The predicted molar refractivity (Wildman–Crippen MR) is 157 cm³/mol. The van der Waals surface area contributed by atoms with E-state index in [1.54, 1.807) is 0 Å². The minimum atomic E-state index is -0.573. The molecule has 0 aromatic carbocycles. The van der Waals surface area contributed by atoms with Crippen LogP contribution in [0.15, 0.2) is 25.0 Å². The third-order valence-electron chi connectivity index (χ3n) is 7.23. The van der Waals surface area contributed by atoms with Crippen molar-refractivity contribution in [3.63, 3.8) is 0 Å². The van der Waals surface area contributed by atoms with Gasteiger partial charge in [-0.05, 0) is 34.1 Å². The molecule has 0 bridgehead atoms. The van der Waals surface area contributed by atoms with Crippen LogP contribution in [0.25, 0.3) is 0 Å². The van der Waals surface area contributed by atoms with E-state index in [1.165, 1.54) is 90.4 Å². The summed E-state index contributed by atoms with van der Waals surface area (Å²) < 4.78 is 24.7. The molecule has 5 nitrogen and oxygen atoms in total. The van der Waals surface area contributed by atoms with Crippen molar-refractivity contribution in [3.05, 3.63) is 25.0 Å². The molecule has 224 valence electrons. The molecule has 0 spiro atoms. The molecular formula is C33H61O5-. The Hall–Kier alpha value is -0.880. The SMILES string of the molecule is C=C(C)[O-].C=C[C@@H]1C[C@H](C[C@@H]2C[C@@H](CCCCCCCCCCCCCCC)OC(C)(C)O2)OC(C)(C)O1. The summed E-state index contributed by atoms with van der Waals surface area (Å²) >= 11 is 0. The molecule has 0 unspecified atom stereocenters. The molecule has 2 saturated heterocycles. The average Bonchev–Trinajstić information content (AvgIpc) is 2.79. The molecule has 2 rings (SSSR count). The van der Waals surface area contributed by atoms with Crippen LogP contribution in [0.2, 0.25) is 0 Å². The van der Waals surface area contributed by atoms with Gasteiger partial charge in [0.05, 0.1) is 24.4 Å². The lowest BCUT2D eigenvalue weighted by Gasteiger charge is -2.44. The van der Waals surface area contributed by atoms with Crippen molar-refractivity contribution in [1.29, 1.82) is 0 Å². The van der Waals surface area contributed by atoms with Crippen molar-refractivity contribution in [1.82, 2.24) is 0 Å². The molecule has 0 amide bonds. The van der Waals surface area contributed by atoms with Crippen molar-refractivity contribution in [2.24, 2.45) is 0 Å². The summed E-state index contributed by atoms with van der Waals surface area (Å²) in [5.41, 5.74) is 0. The van der Waals surface area contributed by atoms with Crippen LogP contribution in [0.4, 0.5) is 0 Å². The van der Waals surface area contributed by atoms with Crippen molar-refractivity contribution in [3.8, 4) is 0 Å². The largest absolute Gasteiger partial charge is 0.876 e. The predicted octanol–water partition coefficient (Wildman–Crippen LogP) is 8.74. The van der Waals surface area contributed by atoms with Gasteiger partial charge >= 0.3 is 0 Å². The zero-order valence-corrected chi connectivity index (χ0v) is 25.9. The standard InChI is InChI=1S/C30H56O4.C3H6O/c1-7-9-10-11-12-13-14-15-16-17-18-19-20-21-26-23-28(34-30(5,6)32-26)24-27-22-25(8-2)31-29(3,4)33-27;1-3(2)4/h8,25-28H,2,7,9-24H2,1,3-6H3;4H,1H2,2H3/p-1/t25-,26-,27-,28+;/m1./s1. The number of rotatable bonds is 17. The summed E-state index contributed by atoms with van der Waals surface area (Å²) in [6.45, 7) is 18.7. The van der Waals surface area contributed by atoms with Gasteiger partial charge < -0.3 is 24.1 Å². The third-order valence-corrected chi connectivity index (χ3v) is 7.23. The molecule has 0 saturated carbocycles. The Kier molecular flexibility index (Phi) is 17.8. The fourth-order valence-corrected chi connectivity index (χ4v) is 5.66. The normalized spacial score (nSPS) is 26.3. The van der Waals surface area contributed by atoms with E-state index in [-0.39, 0.29) is 30.2 Å². The Morgan fingerprint density at radius 1 is 0.711 bits per heavy atom. The monoisotopic (exact) mass is 537 g/mol. The molecule has 2 aliphatic heterocycles. The lowest BCUT2D eigenvalue weighted by Crippen LogP contribution is -2.49. The maximum absolute atomic E-state index is 9.33. The van der Waals surface area contributed by atoms with E-state index >= 15 is 0 Å². The van der Waals surface area contributed by atoms with Crippen molar-refractivity contribution in [2.45, 2.75) is 187 Å². The van der Waals surface area contributed by atoms with Gasteiger partial charge in [0.2, 0.25) is 0 Å². The van der Waals surface area contributed by atoms with Crippen molar-refractivity contribution in [2.75, 3.05) is 0 Å². The molecule has 2 fully saturated rings. The summed E-state index contributed by atoms with van der Waals surface area (Å²) in [6, 6.07) is 0. The second-order valence-electron chi connectivity index (χ2n) is 12.4. The van der Waals surface area contributed by atoms with E-state index in [0.29, 0.717) is 0 Å². The van der Waals surface area contributed by atoms with Crippen LogP contribution < -0.4 is 5.11 Å². The lowest BCUT2D eigenvalue weighted by atomic mass is 9.95. The van der Waals surface area contributed by atoms with Gasteiger partial charge in [0.15, 0.2) is 11.6 Å².